The third-order valence-corrected chi connectivity index (χ3v) is 3.40. The first-order valence-corrected chi connectivity index (χ1v) is 4.97. The second kappa shape index (κ2) is 3.15. The monoisotopic (exact) mass is 197 g/mol. The summed E-state index contributed by atoms with van der Waals surface area (Å²) in [5, 5.41) is 2.85. The van der Waals surface area contributed by atoms with Gasteiger partial charge in [-0.3, -0.25) is 4.79 Å². The van der Waals surface area contributed by atoms with Crippen molar-refractivity contribution in [2.75, 3.05) is 19.6 Å². The molecule has 0 saturated carbocycles. The molecule has 3 N–H and O–H groups in total. The summed E-state index contributed by atoms with van der Waals surface area (Å²) in [7, 11) is 0. The summed E-state index contributed by atoms with van der Waals surface area (Å²) in [6.07, 6.45) is 2.40. The van der Waals surface area contributed by atoms with Gasteiger partial charge in [0.1, 0.15) is 0 Å². The van der Waals surface area contributed by atoms with Crippen molar-refractivity contribution in [3.8, 4) is 0 Å². The van der Waals surface area contributed by atoms with Crippen LogP contribution in [-0.2, 0) is 4.79 Å². The fourth-order valence-electron chi connectivity index (χ4n) is 2.35. The molecule has 5 nitrogen and oxygen atoms in total. The molecule has 0 aromatic rings. The van der Waals surface area contributed by atoms with Crippen LogP contribution in [-0.4, -0.2) is 36.5 Å². The van der Waals surface area contributed by atoms with Crippen LogP contribution in [0, 0.1) is 5.41 Å². The predicted octanol–water partition coefficient (Wildman–Crippen LogP) is -0.333. The molecule has 2 fully saturated rings. The molecule has 2 aliphatic heterocycles. The fraction of sp³-hybridized carbons (Fsp3) is 0.778. The van der Waals surface area contributed by atoms with Crippen LogP contribution in [0.2, 0.25) is 0 Å². The molecular weight excluding hydrogens is 182 g/mol. The van der Waals surface area contributed by atoms with Crippen molar-refractivity contribution < 1.29 is 9.59 Å². The molecule has 2 saturated heterocycles. The van der Waals surface area contributed by atoms with Crippen molar-refractivity contribution in [2.24, 2.45) is 11.1 Å². The number of hydrogen-bond acceptors (Lipinski definition) is 2. The zero-order chi connectivity index (χ0) is 10.2. The van der Waals surface area contributed by atoms with E-state index >= 15 is 0 Å². The minimum absolute atomic E-state index is 0.154. The van der Waals surface area contributed by atoms with E-state index in [4.69, 9.17) is 5.73 Å². The molecule has 2 aliphatic rings. The number of amides is 3. The summed E-state index contributed by atoms with van der Waals surface area (Å²) in [6.45, 7) is 2.00. The zero-order valence-electron chi connectivity index (χ0n) is 8.08. The molecule has 2 heterocycles. The number of likely N-dealkylation sites (tertiary alicyclic amines) is 1. The Morgan fingerprint density at radius 1 is 1.36 bits per heavy atom. The summed E-state index contributed by atoms with van der Waals surface area (Å²) in [4.78, 5) is 24.1. The molecule has 14 heavy (non-hydrogen) atoms. The maximum Gasteiger partial charge on any atom is 0.314 e. The molecule has 0 atom stereocenters. The van der Waals surface area contributed by atoms with Gasteiger partial charge in [0.25, 0.3) is 0 Å². The van der Waals surface area contributed by atoms with Gasteiger partial charge in [0, 0.05) is 19.6 Å². The van der Waals surface area contributed by atoms with Gasteiger partial charge in [-0.2, -0.15) is 0 Å². The number of nitrogens with one attached hydrogen (secondary N) is 1. The molecule has 0 radical (unpaired) electrons. The van der Waals surface area contributed by atoms with Gasteiger partial charge >= 0.3 is 6.03 Å². The van der Waals surface area contributed by atoms with Gasteiger partial charge in [-0.25, -0.2) is 4.79 Å². The van der Waals surface area contributed by atoms with Crippen LogP contribution >= 0.6 is 0 Å². The van der Waals surface area contributed by atoms with Crippen molar-refractivity contribution in [2.45, 2.75) is 19.3 Å². The number of nitrogens with two attached hydrogens (primary N) is 1. The first-order valence-electron chi connectivity index (χ1n) is 4.97. The van der Waals surface area contributed by atoms with Crippen molar-refractivity contribution in [3.05, 3.63) is 0 Å². The Balaban J connectivity index is 2.01. The average Bonchev–Trinajstić information content (AvgIpc) is 2.49. The van der Waals surface area contributed by atoms with E-state index in [1.807, 2.05) is 0 Å². The van der Waals surface area contributed by atoms with Gasteiger partial charge in [0.2, 0.25) is 5.91 Å². The van der Waals surface area contributed by atoms with Crippen LogP contribution in [0.4, 0.5) is 4.79 Å². The highest BCUT2D eigenvalue weighted by atomic mass is 16.2. The van der Waals surface area contributed by atoms with E-state index in [1.54, 1.807) is 4.90 Å². The highest BCUT2D eigenvalue weighted by Gasteiger charge is 2.44. The minimum Gasteiger partial charge on any atom is -0.356 e. The van der Waals surface area contributed by atoms with Crippen molar-refractivity contribution in [1.82, 2.24) is 10.2 Å². The quantitative estimate of drug-likeness (QED) is 0.557. The van der Waals surface area contributed by atoms with Crippen molar-refractivity contribution in [3.63, 3.8) is 0 Å². The predicted molar refractivity (Wildman–Crippen MR) is 50.5 cm³/mol. The summed E-state index contributed by atoms with van der Waals surface area (Å²) in [5.41, 5.74) is 4.97. The van der Waals surface area contributed by atoms with Crippen LogP contribution in [0.1, 0.15) is 19.3 Å². The number of urea groups is 1. The lowest BCUT2D eigenvalue weighted by molar-refractivity contribution is -0.129. The molecule has 0 aromatic heterocycles. The van der Waals surface area contributed by atoms with Crippen LogP contribution in [0.5, 0.6) is 0 Å². The summed E-state index contributed by atoms with van der Waals surface area (Å²) >= 11 is 0. The van der Waals surface area contributed by atoms with E-state index < -0.39 is 0 Å². The maximum absolute atomic E-state index is 11.6. The summed E-state index contributed by atoms with van der Waals surface area (Å²) in [5.74, 6) is 0.154. The largest absolute Gasteiger partial charge is 0.356 e. The average molecular weight is 197 g/mol. The van der Waals surface area contributed by atoms with Gasteiger partial charge < -0.3 is 16.0 Å². The number of piperidine rings is 1. The second-order valence-electron chi connectivity index (χ2n) is 4.11. The van der Waals surface area contributed by atoms with Gasteiger partial charge in [-0.1, -0.05) is 0 Å². The van der Waals surface area contributed by atoms with Crippen LogP contribution in [0.3, 0.4) is 0 Å². The lowest BCUT2D eigenvalue weighted by atomic mass is 9.77. The molecule has 1 spiro atoms. The van der Waals surface area contributed by atoms with E-state index in [-0.39, 0.29) is 17.4 Å². The molecule has 78 valence electrons. The number of rotatable bonds is 0. The third kappa shape index (κ3) is 1.32. The van der Waals surface area contributed by atoms with Gasteiger partial charge in [-0.05, 0) is 19.3 Å². The Morgan fingerprint density at radius 3 is 2.43 bits per heavy atom. The van der Waals surface area contributed by atoms with Crippen LogP contribution < -0.4 is 11.1 Å². The van der Waals surface area contributed by atoms with E-state index in [9.17, 15) is 9.59 Å². The molecule has 3 amide bonds. The zero-order valence-corrected chi connectivity index (χ0v) is 8.08. The van der Waals surface area contributed by atoms with Crippen LogP contribution in [0.25, 0.3) is 0 Å². The SMILES string of the molecule is NC(=O)N1CCC2(CCNC2=O)CC1. The van der Waals surface area contributed by atoms with E-state index in [0.29, 0.717) is 13.1 Å². The lowest BCUT2D eigenvalue weighted by Gasteiger charge is -2.36. The molecule has 2 rings (SSSR count). The van der Waals surface area contributed by atoms with Gasteiger partial charge in [0.15, 0.2) is 0 Å². The molecule has 0 unspecified atom stereocenters. The first-order chi connectivity index (χ1) is 6.64. The Labute approximate surface area is 82.6 Å². The highest BCUT2D eigenvalue weighted by molar-refractivity contribution is 5.85. The van der Waals surface area contributed by atoms with Crippen LogP contribution in [0.15, 0.2) is 0 Å². The Bertz CT molecular complexity index is 269. The summed E-state index contributed by atoms with van der Waals surface area (Å²) in [6, 6.07) is -0.377. The lowest BCUT2D eigenvalue weighted by Crippen LogP contribution is -2.47. The number of hydrogen-bond donors (Lipinski definition) is 2. The molecule has 0 aliphatic carbocycles. The molecular formula is C9H15N3O2. The van der Waals surface area contributed by atoms with E-state index in [0.717, 1.165) is 25.8 Å². The van der Waals surface area contributed by atoms with Crippen molar-refractivity contribution in [1.29, 1.82) is 0 Å². The molecule has 0 aromatic carbocycles. The number of carbonyl (C=O) groups excluding carboxylic acids is 2. The highest BCUT2D eigenvalue weighted by Crippen LogP contribution is 2.37. The Morgan fingerprint density at radius 2 is 2.00 bits per heavy atom. The Hall–Kier alpha value is -1.26. The van der Waals surface area contributed by atoms with Gasteiger partial charge in [0.05, 0.1) is 5.41 Å². The standard InChI is InChI=1S/C9H15N3O2/c10-8(14)12-5-2-9(3-6-12)1-4-11-7(9)13/h1-6H2,(H2,10,14)(H,11,13). The normalized spacial score (nSPS) is 25.1. The number of primary amides is 1. The second-order valence-corrected chi connectivity index (χ2v) is 4.11. The van der Waals surface area contributed by atoms with E-state index in [2.05, 4.69) is 5.32 Å². The third-order valence-electron chi connectivity index (χ3n) is 3.40. The maximum atomic E-state index is 11.6. The topological polar surface area (TPSA) is 75.4 Å². The van der Waals surface area contributed by atoms with Crippen molar-refractivity contribution >= 4 is 11.9 Å². The smallest absolute Gasteiger partial charge is 0.314 e. The minimum atomic E-state index is -0.377. The number of nitrogens with zero attached hydrogens (tertiary/aromatic N) is 1. The fourth-order valence-corrected chi connectivity index (χ4v) is 2.35. The summed E-state index contributed by atoms with van der Waals surface area (Å²) < 4.78 is 0. The first kappa shape index (κ1) is 9.30. The number of carbonyl (C=O) groups is 2. The molecule has 0 bridgehead atoms. The van der Waals surface area contributed by atoms with E-state index in [1.165, 1.54) is 0 Å². The molecule has 5 heteroatoms. The van der Waals surface area contributed by atoms with Gasteiger partial charge in [-0.15, -0.1) is 0 Å². The Kier molecular flexibility index (Phi) is 2.09.